The maximum Gasteiger partial charge on any atom is 0.324 e. The van der Waals surface area contributed by atoms with E-state index >= 15 is 0 Å². The minimum Gasteiger partial charge on any atom is -0.480 e. The summed E-state index contributed by atoms with van der Waals surface area (Å²) >= 11 is 5.78. The van der Waals surface area contributed by atoms with Crippen LogP contribution in [0.5, 0.6) is 0 Å². The first-order valence-corrected chi connectivity index (χ1v) is 6.12. The Hall–Kier alpha value is -1.06. The van der Waals surface area contributed by atoms with Crippen LogP contribution in [0.2, 0.25) is 5.02 Å². The Balaban J connectivity index is 2.79. The summed E-state index contributed by atoms with van der Waals surface area (Å²) < 4.78 is 0. The largest absolute Gasteiger partial charge is 0.480 e. The lowest BCUT2D eigenvalue weighted by Gasteiger charge is -2.24. The molecule has 94 valence electrons. The molecule has 0 radical (unpaired) electrons. The van der Waals surface area contributed by atoms with Crippen LogP contribution in [0, 0.1) is 0 Å². The Labute approximate surface area is 107 Å². The number of rotatable bonds is 6. The van der Waals surface area contributed by atoms with Crippen molar-refractivity contribution in [2.45, 2.75) is 38.1 Å². The van der Waals surface area contributed by atoms with E-state index in [1.54, 1.807) is 12.1 Å². The molecule has 0 unspecified atom stereocenters. The second kappa shape index (κ2) is 6.03. The topological polar surface area (TPSA) is 63.3 Å². The Morgan fingerprint density at radius 3 is 2.47 bits per heavy atom. The molecule has 0 aliphatic rings. The number of carbonyl (C=O) groups is 1. The number of aliphatic carboxylic acids is 1. The maximum absolute atomic E-state index is 11.2. The molecular formula is C13H18ClNO2. The molecule has 0 bridgehead atoms. The molecule has 3 nitrogen and oxygen atoms in total. The van der Waals surface area contributed by atoms with E-state index in [0.717, 1.165) is 18.4 Å². The molecule has 1 aromatic carbocycles. The molecule has 3 N–H and O–H groups in total. The predicted molar refractivity (Wildman–Crippen MR) is 69.2 cm³/mol. The average molecular weight is 256 g/mol. The Morgan fingerprint density at radius 1 is 1.41 bits per heavy atom. The van der Waals surface area contributed by atoms with E-state index in [0.29, 0.717) is 17.9 Å². The van der Waals surface area contributed by atoms with Gasteiger partial charge >= 0.3 is 5.97 Å². The van der Waals surface area contributed by atoms with Gasteiger partial charge < -0.3 is 10.8 Å². The van der Waals surface area contributed by atoms with Gasteiger partial charge in [0.15, 0.2) is 0 Å². The van der Waals surface area contributed by atoms with Crippen LogP contribution < -0.4 is 5.73 Å². The van der Waals surface area contributed by atoms with Crippen LogP contribution in [0.3, 0.4) is 0 Å². The van der Waals surface area contributed by atoms with E-state index in [1.807, 2.05) is 19.1 Å². The van der Waals surface area contributed by atoms with Crippen LogP contribution >= 0.6 is 11.6 Å². The highest BCUT2D eigenvalue weighted by Gasteiger charge is 2.33. The molecule has 1 aromatic rings. The number of carboxylic acids is 1. The summed E-state index contributed by atoms with van der Waals surface area (Å²) in [5.41, 5.74) is 5.69. The number of unbranched alkanes of at least 4 members (excludes halogenated alkanes) is 1. The third-order valence-corrected chi connectivity index (χ3v) is 3.09. The first-order chi connectivity index (χ1) is 7.98. The molecular weight excluding hydrogens is 238 g/mol. The van der Waals surface area contributed by atoms with Crippen molar-refractivity contribution in [1.29, 1.82) is 0 Å². The number of carboxylic acid groups (broad SMARTS) is 1. The van der Waals surface area contributed by atoms with Gasteiger partial charge in [-0.2, -0.15) is 0 Å². The molecule has 0 saturated carbocycles. The van der Waals surface area contributed by atoms with Gasteiger partial charge in [0.1, 0.15) is 5.54 Å². The molecule has 0 aromatic heterocycles. The number of nitrogens with two attached hydrogens (primary N) is 1. The zero-order valence-corrected chi connectivity index (χ0v) is 10.7. The molecule has 0 heterocycles. The molecule has 0 saturated heterocycles. The van der Waals surface area contributed by atoms with Crippen LogP contribution in [0.15, 0.2) is 24.3 Å². The van der Waals surface area contributed by atoms with E-state index < -0.39 is 11.5 Å². The average Bonchev–Trinajstić information content (AvgIpc) is 2.29. The van der Waals surface area contributed by atoms with Crippen molar-refractivity contribution in [3.8, 4) is 0 Å². The van der Waals surface area contributed by atoms with Gasteiger partial charge in [-0.1, -0.05) is 43.5 Å². The van der Waals surface area contributed by atoms with Crippen LogP contribution in [-0.2, 0) is 11.2 Å². The van der Waals surface area contributed by atoms with Crippen molar-refractivity contribution in [1.82, 2.24) is 0 Å². The van der Waals surface area contributed by atoms with Gasteiger partial charge in [0.05, 0.1) is 0 Å². The fourth-order valence-corrected chi connectivity index (χ4v) is 1.86. The first kappa shape index (κ1) is 14.0. The summed E-state index contributed by atoms with van der Waals surface area (Å²) in [6.07, 6.45) is 2.57. The standard InChI is InChI=1S/C13H18ClNO2/c1-2-3-8-13(15,12(16)17)9-10-4-6-11(14)7-5-10/h4-7H,2-3,8-9,15H2,1H3,(H,16,17)/t13-/m0/s1. The summed E-state index contributed by atoms with van der Waals surface area (Å²) in [7, 11) is 0. The van der Waals surface area contributed by atoms with Crippen molar-refractivity contribution in [2.75, 3.05) is 0 Å². The second-order valence-electron chi connectivity index (χ2n) is 4.37. The van der Waals surface area contributed by atoms with Gasteiger partial charge in [-0.25, -0.2) is 0 Å². The zero-order chi connectivity index (χ0) is 12.9. The minimum absolute atomic E-state index is 0.333. The van der Waals surface area contributed by atoms with Gasteiger partial charge in [-0.15, -0.1) is 0 Å². The second-order valence-corrected chi connectivity index (χ2v) is 4.80. The van der Waals surface area contributed by atoms with E-state index in [2.05, 4.69) is 0 Å². The monoisotopic (exact) mass is 255 g/mol. The number of halogens is 1. The Kier molecular flexibility index (Phi) is 4.97. The fourth-order valence-electron chi connectivity index (χ4n) is 1.73. The number of hydrogen-bond donors (Lipinski definition) is 2. The summed E-state index contributed by atoms with van der Waals surface area (Å²) in [4.78, 5) is 11.2. The first-order valence-electron chi connectivity index (χ1n) is 5.74. The normalized spacial score (nSPS) is 14.3. The van der Waals surface area contributed by atoms with Gasteiger partial charge in [-0.05, 0) is 24.1 Å². The van der Waals surface area contributed by atoms with Gasteiger partial charge in [0, 0.05) is 11.4 Å². The molecule has 0 fully saturated rings. The van der Waals surface area contributed by atoms with Crippen molar-refractivity contribution in [2.24, 2.45) is 5.73 Å². The Bertz CT molecular complexity index is 378. The third kappa shape index (κ3) is 4.02. The SMILES string of the molecule is CCCC[C@](N)(Cc1ccc(Cl)cc1)C(=O)O. The molecule has 17 heavy (non-hydrogen) atoms. The molecule has 0 aliphatic heterocycles. The molecule has 0 aliphatic carbocycles. The summed E-state index contributed by atoms with van der Waals surface area (Å²) in [6, 6.07) is 7.13. The molecule has 0 spiro atoms. The van der Waals surface area contributed by atoms with E-state index in [-0.39, 0.29) is 0 Å². The third-order valence-electron chi connectivity index (χ3n) is 2.84. The number of hydrogen-bond acceptors (Lipinski definition) is 2. The van der Waals surface area contributed by atoms with Crippen molar-refractivity contribution < 1.29 is 9.90 Å². The Morgan fingerprint density at radius 2 is 2.00 bits per heavy atom. The van der Waals surface area contributed by atoms with Crippen molar-refractivity contribution >= 4 is 17.6 Å². The van der Waals surface area contributed by atoms with Crippen molar-refractivity contribution in [3.63, 3.8) is 0 Å². The summed E-state index contributed by atoms with van der Waals surface area (Å²) in [6.45, 7) is 2.02. The lowest BCUT2D eigenvalue weighted by Crippen LogP contribution is -2.49. The van der Waals surface area contributed by atoms with E-state index in [9.17, 15) is 9.90 Å². The number of benzene rings is 1. The quantitative estimate of drug-likeness (QED) is 0.822. The van der Waals surface area contributed by atoms with Crippen LogP contribution in [0.25, 0.3) is 0 Å². The predicted octanol–water partition coefficient (Wildman–Crippen LogP) is 2.85. The summed E-state index contributed by atoms with van der Waals surface area (Å²) in [5.74, 6) is -0.944. The molecule has 0 amide bonds. The van der Waals surface area contributed by atoms with Crippen LogP contribution in [0.4, 0.5) is 0 Å². The lowest BCUT2D eigenvalue weighted by atomic mass is 9.87. The maximum atomic E-state index is 11.2. The summed E-state index contributed by atoms with van der Waals surface area (Å²) in [5, 5.41) is 9.86. The highest BCUT2D eigenvalue weighted by atomic mass is 35.5. The highest BCUT2D eigenvalue weighted by molar-refractivity contribution is 6.30. The van der Waals surface area contributed by atoms with Crippen molar-refractivity contribution in [3.05, 3.63) is 34.9 Å². The molecule has 4 heteroatoms. The minimum atomic E-state index is -1.18. The highest BCUT2D eigenvalue weighted by Crippen LogP contribution is 2.19. The van der Waals surface area contributed by atoms with Gasteiger partial charge in [0.25, 0.3) is 0 Å². The van der Waals surface area contributed by atoms with Gasteiger partial charge in [-0.3, -0.25) is 4.79 Å². The zero-order valence-electron chi connectivity index (χ0n) is 9.95. The molecule has 1 atom stereocenters. The smallest absolute Gasteiger partial charge is 0.324 e. The molecule has 1 rings (SSSR count). The van der Waals surface area contributed by atoms with E-state index in [1.165, 1.54) is 0 Å². The lowest BCUT2D eigenvalue weighted by molar-refractivity contribution is -0.143. The fraction of sp³-hybridized carbons (Fsp3) is 0.462. The van der Waals surface area contributed by atoms with Crippen LogP contribution in [-0.4, -0.2) is 16.6 Å². The van der Waals surface area contributed by atoms with Gasteiger partial charge in [0.2, 0.25) is 0 Å². The van der Waals surface area contributed by atoms with E-state index in [4.69, 9.17) is 17.3 Å². The van der Waals surface area contributed by atoms with Crippen LogP contribution in [0.1, 0.15) is 31.7 Å².